The van der Waals surface area contributed by atoms with Gasteiger partial charge in [0, 0.05) is 30.4 Å². The maximum absolute atomic E-state index is 12.4. The fourth-order valence-electron chi connectivity index (χ4n) is 2.91. The fourth-order valence-corrected chi connectivity index (χ4v) is 3.72. The molecule has 0 aliphatic carbocycles. The third-order valence-corrected chi connectivity index (χ3v) is 5.35. The average Bonchev–Trinajstić information content (AvgIpc) is 3.14. The van der Waals surface area contributed by atoms with Gasteiger partial charge in [0.25, 0.3) is 5.91 Å². The molecule has 0 saturated carbocycles. The van der Waals surface area contributed by atoms with Crippen molar-refractivity contribution in [3.05, 3.63) is 59.7 Å². The second-order valence-electron chi connectivity index (χ2n) is 6.36. The van der Waals surface area contributed by atoms with E-state index in [1.807, 2.05) is 42.7 Å². The molecule has 0 unspecified atom stereocenters. The van der Waals surface area contributed by atoms with Crippen LogP contribution < -0.4 is 10.6 Å². The third-order valence-electron chi connectivity index (χ3n) is 4.39. The predicted octanol–water partition coefficient (Wildman–Crippen LogP) is 3.36. The number of carbonyl (C=O) groups excluding carboxylic acids is 2. The van der Waals surface area contributed by atoms with E-state index in [2.05, 4.69) is 20.8 Å². The minimum atomic E-state index is -0.199. The van der Waals surface area contributed by atoms with Gasteiger partial charge in [-0.25, -0.2) is 0 Å². The van der Waals surface area contributed by atoms with Crippen molar-refractivity contribution in [2.75, 3.05) is 18.1 Å². The molecule has 0 bridgehead atoms. The van der Waals surface area contributed by atoms with Crippen LogP contribution in [0.4, 0.5) is 5.69 Å². The monoisotopic (exact) mass is 409 g/mol. The van der Waals surface area contributed by atoms with Gasteiger partial charge in [-0.2, -0.15) is 0 Å². The Morgan fingerprint density at radius 3 is 2.62 bits per heavy atom. The number of benzene rings is 2. The van der Waals surface area contributed by atoms with Gasteiger partial charge in [0.1, 0.15) is 0 Å². The van der Waals surface area contributed by atoms with E-state index in [1.54, 1.807) is 31.3 Å². The highest BCUT2D eigenvalue weighted by Gasteiger charge is 2.16. The van der Waals surface area contributed by atoms with E-state index < -0.39 is 0 Å². The SMILES string of the molecule is CCn1c(SCC(=O)Nc2cccc(C(=O)NC)c2)nnc1-c1ccccc1C. The molecule has 3 rings (SSSR count). The summed E-state index contributed by atoms with van der Waals surface area (Å²) in [5, 5.41) is 14.7. The summed E-state index contributed by atoms with van der Waals surface area (Å²) in [5.74, 6) is 0.616. The second-order valence-corrected chi connectivity index (χ2v) is 7.30. The Morgan fingerprint density at radius 2 is 1.90 bits per heavy atom. The van der Waals surface area contributed by atoms with E-state index >= 15 is 0 Å². The van der Waals surface area contributed by atoms with Gasteiger partial charge in [-0.05, 0) is 37.6 Å². The summed E-state index contributed by atoms with van der Waals surface area (Å²) in [4.78, 5) is 24.1. The third kappa shape index (κ3) is 4.83. The highest BCUT2D eigenvalue weighted by Crippen LogP contribution is 2.26. The molecule has 1 heterocycles. The van der Waals surface area contributed by atoms with Crippen LogP contribution in [0.25, 0.3) is 11.4 Å². The Hall–Kier alpha value is -3.13. The number of amides is 2. The molecule has 0 atom stereocenters. The van der Waals surface area contributed by atoms with E-state index in [-0.39, 0.29) is 17.6 Å². The van der Waals surface area contributed by atoms with Crippen molar-refractivity contribution in [1.82, 2.24) is 20.1 Å². The molecule has 1 aromatic heterocycles. The van der Waals surface area contributed by atoms with Crippen molar-refractivity contribution in [2.24, 2.45) is 0 Å². The highest BCUT2D eigenvalue weighted by molar-refractivity contribution is 7.99. The lowest BCUT2D eigenvalue weighted by atomic mass is 10.1. The molecule has 0 spiro atoms. The van der Waals surface area contributed by atoms with E-state index in [4.69, 9.17) is 0 Å². The zero-order valence-corrected chi connectivity index (χ0v) is 17.4. The standard InChI is InChI=1S/C21H23N5O2S/c1-4-26-19(17-11-6-5-8-14(17)2)24-25-21(26)29-13-18(27)23-16-10-7-9-15(12-16)20(28)22-3/h5-12H,4,13H2,1-3H3,(H,22,28)(H,23,27). The van der Waals surface area contributed by atoms with Crippen LogP contribution in [0.1, 0.15) is 22.8 Å². The molecular formula is C21H23N5O2S. The summed E-state index contributed by atoms with van der Waals surface area (Å²) in [6, 6.07) is 14.8. The molecule has 8 heteroatoms. The van der Waals surface area contributed by atoms with Crippen LogP contribution in [0.15, 0.2) is 53.7 Å². The van der Waals surface area contributed by atoms with E-state index in [0.29, 0.717) is 23.0 Å². The number of rotatable bonds is 7. The van der Waals surface area contributed by atoms with Crippen molar-refractivity contribution >= 4 is 29.3 Å². The van der Waals surface area contributed by atoms with Gasteiger partial charge in [0.05, 0.1) is 5.75 Å². The molecule has 3 aromatic rings. The number of anilines is 1. The molecule has 2 N–H and O–H groups in total. The first-order chi connectivity index (χ1) is 14.0. The predicted molar refractivity (Wildman–Crippen MR) is 115 cm³/mol. The number of hydrogen-bond acceptors (Lipinski definition) is 5. The molecule has 0 aliphatic heterocycles. The van der Waals surface area contributed by atoms with Crippen molar-refractivity contribution < 1.29 is 9.59 Å². The molecule has 150 valence electrons. The maximum atomic E-state index is 12.4. The number of aromatic nitrogens is 3. The van der Waals surface area contributed by atoms with E-state index in [0.717, 1.165) is 17.0 Å². The molecule has 0 saturated heterocycles. The second kappa shape index (κ2) is 9.38. The Morgan fingerprint density at radius 1 is 1.10 bits per heavy atom. The Balaban J connectivity index is 1.68. The summed E-state index contributed by atoms with van der Waals surface area (Å²) < 4.78 is 2.01. The molecule has 0 radical (unpaired) electrons. The van der Waals surface area contributed by atoms with Crippen molar-refractivity contribution in [3.8, 4) is 11.4 Å². The summed E-state index contributed by atoms with van der Waals surface area (Å²) in [7, 11) is 1.57. The Kier molecular flexibility index (Phi) is 6.66. The Bertz CT molecular complexity index is 1030. The molecule has 2 amide bonds. The van der Waals surface area contributed by atoms with Crippen LogP contribution in [0.3, 0.4) is 0 Å². The number of thioether (sulfide) groups is 1. The van der Waals surface area contributed by atoms with Gasteiger partial charge in [0.15, 0.2) is 11.0 Å². The fraction of sp³-hybridized carbons (Fsp3) is 0.238. The van der Waals surface area contributed by atoms with Crippen molar-refractivity contribution in [2.45, 2.75) is 25.5 Å². The van der Waals surface area contributed by atoms with Gasteiger partial charge in [-0.15, -0.1) is 10.2 Å². The van der Waals surface area contributed by atoms with Crippen LogP contribution in [0, 0.1) is 6.92 Å². The first kappa shape index (κ1) is 20.6. The topological polar surface area (TPSA) is 88.9 Å². The summed E-state index contributed by atoms with van der Waals surface area (Å²) in [6.45, 7) is 4.77. The normalized spacial score (nSPS) is 10.6. The zero-order valence-electron chi connectivity index (χ0n) is 16.6. The summed E-state index contributed by atoms with van der Waals surface area (Å²) in [6.07, 6.45) is 0. The highest BCUT2D eigenvalue weighted by atomic mass is 32.2. The maximum Gasteiger partial charge on any atom is 0.251 e. The van der Waals surface area contributed by atoms with Crippen LogP contribution in [0.5, 0.6) is 0 Å². The summed E-state index contributed by atoms with van der Waals surface area (Å²) >= 11 is 1.33. The van der Waals surface area contributed by atoms with Gasteiger partial charge in [-0.3, -0.25) is 9.59 Å². The van der Waals surface area contributed by atoms with Crippen LogP contribution in [-0.4, -0.2) is 39.4 Å². The molecule has 2 aromatic carbocycles. The number of hydrogen-bond donors (Lipinski definition) is 2. The average molecular weight is 410 g/mol. The summed E-state index contributed by atoms with van der Waals surface area (Å²) in [5.41, 5.74) is 3.23. The van der Waals surface area contributed by atoms with Gasteiger partial charge in [0.2, 0.25) is 5.91 Å². The lowest BCUT2D eigenvalue weighted by Gasteiger charge is -2.09. The van der Waals surface area contributed by atoms with Gasteiger partial charge < -0.3 is 15.2 Å². The smallest absolute Gasteiger partial charge is 0.251 e. The number of carbonyl (C=O) groups is 2. The number of nitrogens with one attached hydrogen (secondary N) is 2. The number of nitrogens with zero attached hydrogens (tertiary/aromatic N) is 3. The first-order valence-electron chi connectivity index (χ1n) is 9.27. The van der Waals surface area contributed by atoms with Gasteiger partial charge >= 0.3 is 0 Å². The lowest BCUT2D eigenvalue weighted by molar-refractivity contribution is -0.113. The molecule has 0 aliphatic rings. The van der Waals surface area contributed by atoms with Gasteiger partial charge in [-0.1, -0.05) is 42.1 Å². The van der Waals surface area contributed by atoms with Crippen LogP contribution in [-0.2, 0) is 11.3 Å². The minimum Gasteiger partial charge on any atom is -0.355 e. The Labute approximate surface area is 173 Å². The zero-order chi connectivity index (χ0) is 20.8. The largest absolute Gasteiger partial charge is 0.355 e. The van der Waals surface area contributed by atoms with E-state index in [1.165, 1.54) is 11.8 Å². The lowest BCUT2D eigenvalue weighted by Crippen LogP contribution is -2.19. The quantitative estimate of drug-likeness (QED) is 0.584. The molecule has 7 nitrogen and oxygen atoms in total. The van der Waals surface area contributed by atoms with Crippen molar-refractivity contribution in [3.63, 3.8) is 0 Å². The van der Waals surface area contributed by atoms with Crippen molar-refractivity contribution in [1.29, 1.82) is 0 Å². The molecule has 29 heavy (non-hydrogen) atoms. The van der Waals surface area contributed by atoms with Crippen LogP contribution in [0.2, 0.25) is 0 Å². The molecule has 0 fully saturated rings. The molecular weight excluding hydrogens is 386 g/mol. The minimum absolute atomic E-state index is 0.174. The van der Waals surface area contributed by atoms with E-state index in [9.17, 15) is 9.59 Å². The number of aryl methyl sites for hydroxylation is 1. The van der Waals surface area contributed by atoms with Crippen LogP contribution >= 0.6 is 11.8 Å². The first-order valence-corrected chi connectivity index (χ1v) is 10.3.